The lowest BCUT2D eigenvalue weighted by atomic mass is 9.83. The van der Waals surface area contributed by atoms with E-state index in [2.05, 4.69) is 16.5 Å². The SMILES string of the molecule is CCn1nc(C(=O)OCC(=O)NC2(C#N)CCCCC2)c2ccccc2c1=O. The number of ether oxygens (including phenoxy) is 1. The second-order valence-electron chi connectivity index (χ2n) is 6.89. The second-order valence-corrected chi connectivity index (χ2v) is 6.89. The van der Waals surface area contributed by atoms with E-state index < -0.39 is 24.0 Å². The largest absolute Gasteiger partial charge is 0.451 e. The molecular formula is C20H22N4O4. The maximum atomic E-state index is 12.5. The summed E-state index contributed by atoms with van der Waals surface area (Å²) < 4.78 is 6.32. The number of aryl methyl sites for hydroxylation is 1. The molecule has 8 nitrogen and oxygen atoms in total. The van der Waals surface area contributed by atoms with E-state index in [1.807, 2.05) is 0 Å². The number of aromatic nitrogens is 2. The predicted molar refractivity (Wildman–Crippen MR) is 102 cm³/mol. The van der Waals surface area contributed by atoms with Gasteiger partial charge in [-0.05, 0) is 25.8 Å². The first kappa shape index (κ1) is 19.5. The quantitative estimate of drug-likeness (QED) is 0.790. The lowest BCUT2D eigenvalue weighted by Crippen LogP contribution is -2.50. The summed E-state index contributed by atoms with van der Waals surface area (Å²) in [6.45, 7) is 1.54. The van der Waals surface area contributed by atoms with Gasteiger partial charge in [0.15, 0.2) is 12.3 Å². The number of amides is 1. The molecule has 1 amide bonds. The number of hydrogen-bond donors (Lipinski definition) is 1. The Hall–Kier alpha value is -3.21. The van der Waals surface area contributed by atoms with Crippen molar-refractivity contribution in [2.45, 2.75) is 51.1 Å². The van der Waals surface area contributed by atoms with Crippen molar-refractivity contribution in [3.63, 3.8) is 0 Å². The molecule has 8 heteroatoms. The first-order valence-electron chi connectivity index (χ1n) is 9.39. The van der Waals surface area contributed by atoms with Gasteiger partial charge in [0.1, 0.15) is 5.54 Å². The van der Waals surface area contributed by atoms with E-state index in [9.17, 15) is 19.6 Å². The molecule has 1 aromatic heterocycles. The van der Waals surface area contributed by atoms with Crippen molar-refractivity contribution in [3.8, 4) is 6.07 Å². The molecular weight excluding hydrogens is 360 g/mol. The van der Waals surface area contributed by atoms with Gasteiger partial charge in [0.05, 0.1) is 11.5 Å². The number of nitrogens with zero attached hydrogens (tertiary/aromatic N) is 3. The Morgan fingerprint density at radius 3 is 2.57 bits per heavy atom. The minimum atomic E-state index is -0.887. The van der Waals surface area contributed by atoms with Crippen LogP contribution in [0.4, 0.5) is 0 Å². The van der Waals surface area contributed by atoms with Gasteiger partial charge in [-0.2, -0.15) is 10.4 Å². The predicted octanol–water partition coefficient (Wildman–Crippen LogP) is 1.92. The highest BCUT2D eigenvalue weighted by Crippen LogP contribution is 2.27. The Morgan fingerprint density at radius 2 is 1.93 bits per heavy atom. The summed E-state index contributed by atoms with van der Waals surface area (Å²) >= 11 is 0. The van der Waals surface area contributed by atoms with Crippen LogP contribution < -0.4 is 10.9 Å². The fourth-order valence-corrected chi connectivity index (χ4v) is 3.52. The molecule has 0 bridgehead atoms. The van der Waals surface area contributed by atoms with E-state index in [1.165, 1.54) is 4.68 Å². The number of nitriles is 1. The average Bonchev–Trinajstić information content (AvgIpc) is 2.73. The van der Waals surface area contributed by atoms with Crippen LogP contribution in [0.3, 0.4) is 0 Å². The lowest BCUT2D eigenvalue weighted by molar-refractivity contribution is -0.125. The van der Waals surface area contributed by atoms with E-state index >= 15 is 0 Å². The molecule has 1 aliphatic carbocycles. The molecule has 0 radical (unpaired) electrons. The van der Waals surface area contributed by atoms with Crippen LogP contribution in [0.2, 0.25) is 0 Å². The number of benzene rings is 1. The molecule has 3 rings (SSSR count). The average molecular weight is 382 g/mol. The summed E-state index contributed by atoms with van der Waals surface area (Å²) in [5.41, 5.74) is -1.19. The summed E-state index contributed by atoms with van der Waals surface area (Å²) in [5.74, 6) is -1.31. The Morgan fingerprint density at radius 1 is 1.25 bits per heavy atom. The Bertz CT molecular complexity index is 999. The number of nitrogens with one attached hydrogen (secondary N) is 1. The smallest absolute Gasteiger partial charge is 0.359 e. The third-order valence-corrected chi connectivity index (χ3v) is 4.99. The Balaban J connectivity index is 1.75. The fraction of sp³-hybridized carbons (Fsp3) is 0.450. The van der Waals surface area contributed by atoms with Gasteiger partial charge in [0.25, 0.3) is 11.5 Å². The van der Waals surface area contributed by atoms with E-state index in [1.54, 1.807) is 31.2 Å². The van der Waals surface area contributed by atoms with Crippen LogP contribution in [-0.2, 0) is 16.1 Å². The number of hydrogen-bond acceptors (Lipinski definition) is 6. The molecule has 1 saturated carbocycles. The Labute approximate surface area is 162 Å². The highest BCUT2D eigenvalue weighted by Gasteiger charge is 2.33. The minimum absolute atomic E-state index is 0.0162. The number of rotatable bonds is 5. The zero-order valence-corrected chi connectivity index (χ0v) is 15.7. The van der Waals surface area contributed by atoms with Gasteiger partial charge in [-0.3, -0.25) is 9.59 Å². The van der Waals surface area contributed by atoms with Crippen LogP contribution in [0, 0.1) is 11.3 Å². The van der Waals surface area contributed by atoms with Crippen molar-refractivity contribution in [2.75, 3.05) is 6.61 Å². The summed E-state index contributed by atoms with van der Waals surface area (Å²) in [4.78, 5) is 37.1. The van der Waals surface area contributed by atoms with Crippen LogP contribution in [0.1, 0.15) is 49.5 Å². The fourth-order valence-electron chi connectivity index (χ4n) is 3.52. The van der Waals surface area contributed by atoms with Crippen molar-refractivity contribution in [1.29, 1.82) is 5.26 Å². The van der Waals surface area contributed by atoms with Crippen molar-refractivity contribution >= 4 is 22.6 Å². The first-order valence-corrected chi connectivity index (χ1v) is 9.39. The first-order chi connectivity index (χ1) is 13.5. The van der Waals surface area contributed by atoms with Gasteiger partial charge in [-0.15, -0.1) is 0 Å². The van der Waals surface area contributed by atoms with Gasteiger partial charge in [-0.25, -0.2) is 9.48 Å². The van der Waals surface area contributed by atoms with Crippen molar-refractivity contribution in [1.82, 2.24) is 15.1 Å². The van der Waals surface area contributed by atoms with Crippen LogP contribution in [0.15, 0.2) is 29.1 Å². The summed E-state index contributed by atoms with van der Waals surface area (Å²) in [7, 11) is 0. The zero-order valence-electron chi connectivity index (χ0n) is 15.7. The van der Waals surface area contributed by atoms with E-state index in [0.29, 0.717) is 30.2 Å². The van der Waals surface area contributed by atoms with Gasteiger partial charge in [0, 0.05) is 11.9 Å². The normalized spacial score (nSPS) is 15.6. The molecule has 28 heavy (non-hydrogen) atoms. The van der Waals surface area contributed by atoms with Gasteiger partial charge in [-0.1, -0.05) is 37.5 Å². The third-order valence-electron chi connectivity index (χ3n) is 4.99. The molecule has 1 aliphatic rings. The maximum absolute atomic E-state index is 12.5. The second kappa shape index (κ2) is 8.21. The molecule has 146 valence electrons. The summed E-state index contributed by atoms with van der Waals surface area (Å²) in [6.07, 6.45) is 3.98. The van der Waals surface area contributed by atoms with Crippen LogP contribution >= 0.6 is 0 Å². The summed E-state index contributed by atoms with van der Waals surface area (Å²) in [6, 6.07) is 8.83. The van der Waals surface area contributed by atoms with E-state index in [-0.39, 0.29) is 11.3 Å². The molecule has 2 aromatic rings. The van der Waals surface area contributed by atoms with Crippen LogP contribution in [0.25, 0.3) is 10.8 Å². The van der Waals surface area contributed by atoms with Gasteiger partial charge < -0.3 is 10.1 Å². The molecule has 0 unspecified atom stereocenters. The molecule has 1 aromatic carbocycles. The van der Waals surface area contributed by atoms with Crippen molar-refractivity contribution in [3.05, 3.63) is 40.3 Å². The van der Waals surface area contributed by atoms with Crippen molar-refractivity contribution < 1.29 is 14.3 Å². The number of esters is 1. The maximum Gasteiger partial charge on any atom is 0.359 e. The highest BCUT2D eigenvalue weighted by molar-refractivity contribution is 6.02. The van der Waals surface area contributed by atoms with Crippen LogP contribution in [-0.4, -0.2) is 33.8 Å². The minimum Gasteiger partial charge on any atom is -0.451 e. The topological polar surface area (TPSA) is 114 Å². The van der Waals surface area contributed by atoms with E-state index in [0.717, 1.165) is 19.3 Å². The monoisotopic (exact) mass is 382 g/mol. The molecule has 0 aliphatic heterocycles. The standard InChI is InChI=1S/C20H22N4O4/c1-2-24-18(26)15-9-5-4-8-14(15)17(23-24)19(27)28-12-16(25)22-20(13-21)10-6-3-7-11-20/h4-5,8-9H,2-3,6-7,10-12H2,1H3,(H,22,25). The molecule has 0 atom stereocenters. The van der Waals surface area contributed by atoms with Crippen LogP contribution in [0.5, 0.6) is 0 Å². The number of carbonyl (C=O) groups excluding carboxylic acids is 2. The van der Waals surface area contributed by atoms with E-state index in [4.69, 9.17) is 4.74 Å². The lowest BCUT2D eigenvalue weighted by Gasteiger charge is -2.31. The summed E-state index contributed by atoms with van der Waals surface area (Å²) in [5, 5.41) is 17.0. The van der Waals surface area contributed by atoms with Gasteiger partial charge >= 0.3 is 5.97 Å². The molecule has 0 spiro atoms. The molecule has 1 fully saturated rings. The highest BCUT2D eigenvalue weighted by atomic mass is 16.5. The number of carbonyl (C=O) groups is 2. The molecule has 1 N–H and O–H groups in total. The van der Waals surface area contributed by atoms with Gasteiger partial charge in [0.2, 0.25) is 0 Å². The zero-order chi connectivity index (χ0) is 20.1. The number of fused-ring (bicyclic) bond motifs is 1. The molecule has 1 heterocycles. The molecule has 0 saturated heterocycles. The van der Waals surface area contributed by atoms with Crippen molar-refractivity contribution in [2.24, 2.45) is 0 Å². The Kier molecular flexibility index (Phi) is 5.73. The third kappa shape index (κ3) is 3.88.